The molecule has 2 aromatic carbocycles. The molecular formula is C16H14N2O. The summed E-state index contributed by atoms with van der Waals surface area (Å²) in [7, 11) is 0. The summed E-state index contributed by atoms with van der Waals surface area (Å²) in [6.07, 6.45) is 1.79. The minimum absolute atomic E-state index is 0.639. The molecule has 0 amide bonds. The van der Waals surface area contributed by atoms with Crippen LogP contribution in [0.1, 0.15) is 18.1 Å². The summed E-state index contributed by atoms with van der Waals surface area (Å²) in [5.41, 5.74) is 2.47. The van der Waals surface area contributed by atoms with E-state index in [2.05, 4.69) is 11.1 Å². The quantitative estimate of drug-likeness (QED) is 0.776. The van der Waals surface area contributed by atoms with Crippen molar-refractivity contribution in [3.05, 3.63) is 59.7 Å². The summed E-state index contributed by atoms with van der Waals surface area (Å²) in [5, 5.41) is 8.71. The number of benzene rings is 2. The van der Waals surface area contributed by atoms with Gasteiger partial charge in [-0.2, -0.15) is 5.26 Å². The molecule has 0 saturated heterocycles. The fourth-order valence-electron chi connectivity index (χ4n) is 1.59. The first-order valence-electron chi connectivity index (χ1n) is 6.09. The summed E-state index contributed by atoms with van der Waals surface area (Å²) < 4.78 is 5.37. The SMILES string of the molecule is CCOc1ccc(C=Nc2ccc(C#N)cc2)cc1. The van der Waals surface area contributed by atoms with Gasteiger partial charge in [-0.1, -0.05) is 0 Å². The smallest absolute Gasteiger partial charge is 0.119 e. The number of nitriles is 1. The van der Waals surface area contributed by atoms with E-state index < -0.39 is 0 Å². The second-order valence-electron chi connectivity index (χ2n) is 3.92. The zero-order valence-corrected chi connectivity index (χ0v) is 10.7. The zero-order valence-electron chi connectivity index (χ0n) is 10.7. The van der Waals surface area contributed by atoms with Crippen molar-refractivity contribution in [3.63, 3.8) is 0 Å². The van der Waals surface area contributed by atoms with E-state index >= 15 is 0 Å². The molecule has 3 heteroatoms. The molecule has 0 unspecified atom stereocenters. The number of rotatable bonds is 4. The van der Waals surface area contributed by atoms with Gasteiger partial charge in [0, 0.05) is 6.21 Å². The molecule has 0 heterocycles. The van der Waals surface area contributed by atoms with Crippen molar-refractivity contribution in [2.45, 2.75) is 6.92 Å². The van der Waals surface area contributed by atoms with Gasteiger partial charge in [-0.3, -0.25) is 4.99 Å². The Labute approximate surface area is 112 Å². The van der Waals surface area contributed by atoms with Crippen LogP contribution in [0.25, 0.3) is 0 Å². The zero-order chi connectivity index (χ0) is 13.5. The van der Waals surface area contributed by atoms with Gasteiger partial charge in [0.25, 0.3) is 0 Å². The van der Waals surface area contributed by atoms with E-state index in [-0.39, 0.29) is 0 Å². The first-order valence-corrected chi connectivity index (χ1v) is 6.09. The van der Waals surface area contributed by atoms with Gasteiger partial charge in [0.15, 0.2) is 0 Å². The van der Waals surface area contributed by atoms with Gasteiger partial charge in [0.1, 0.15) is 5.75 Å². The Morgan fingerprint density at radius 1 is 1.11 bits per heavy atom. The van der Waals surface area contributed by atoms with Crippen LogP contribution in [0.2, 0.25) is 0 Å². The minimum Gasteiger partial charge on any atom is -0.494 e. The lowest BCUT2D eigenvalue weighted by molar-refractivity contribution is 0.340. The largest absolute Gasteiger partial charge is 0.494 e. The second kappa shape index (κ2) is 6.36. The van der Waals surface area contributed by atoms with E-state index in [1.807, 2.05) is 43.3 Å². The number of hydrogen-bond acceptors (Lipinski definition) is 3. The van der Waals surface area contributed by atoms with Crippen LogP contribution in [-0.2, 0) is 0 Å². The van der Waals surface area contributed by atoms with Crippen LogP contribution in [0.3, 0.4) is 0 Å². The highest BCUT2D eigenvalue weighted by molar-refractivity contribution is 5.82. The topological polar surface area (TPSA) is 45.4 Å². The standard InChI is InChI=1S/C16H14N2O/c1-2-19-16-9-5-14(6-10-16)12-18-15-7-3-13(11-17)4-8-15/h3-10,12H,2H2,1H3. The monoisotopic (exact) mass is 250 g/mol. The van der Waals surface area contributed by atoms with Crippen LogP contribution >= 0.6 is 0 Å². The second-order valence-corrected chi connectivity index (χ2v) is 3.92. The molecule has 0 aliphatic rings. The highest BCUT2D eigenvalue weighted by Gasteiger charge is 1.93. The highest BCUT2D eigenvalue weighted by Crippen LogP contribution is 2.14. The van der Waals surface area contributed by atoms with Gasteiger partial charge in [-0.25, -0.2) is 0 Å². The lowest BCUT2D eigenvalue weighted by atomic mass is 10.2. The maximum Gasteiger partial charge on any atom is 0.119 e. The molecule has 94 valence electrons. The first-order chi connectivity index (χ1) is 9.31. The predicted molar refractivity (Wildman–Crippen MR) is 76.0 cm³/mol. The summed E-state index contributed by atoms with van der Waals surface area (Å²) in [5.74, 6) is 0.859. The number of nitrogens with zero attached hydrogens (tertiary/aromatic N) is 2. The lowest BCUT2D eigenvalue weighted by Crippen LogP contribution is -1.91. The lowest BCUT2D eigenvalue weighted by Gasteiger charge is -2.02. The third-order valence-corrected chi connectivity index (χ3v) is 2.55. The van der Waals surface area contributed by atoms with Crippen LogP contribution in [0, 0.1) is 11.3 Å². The summed E-state index contributed by atoms with van der Waals surface area (Å²) >= 11 is 0. The van der Waals surface area contributed by atoms with Crippen molar-refractivity contribution in [1.29, 1.82) is 5.26 Å². The van der Waals surface area contributed by atoms with Gasteiger partial charge >= 0.3 is 0 Å². The van der Waals surface area contributed by atoms with Crippen molar-refractivity contribution >= 4 is 11.9 Å². The Bertz CT molecular complexity index is 592. The van der Waals surface area contributed by atoms with Gasteiger partial charge in [0.05, 0.1) is 23.9 Å². The molecule has 0 fully saturated rings. The Balaban J connectivity index is 2.07. The molecule has 2 aromatic rings. The van der Waals surface area contributed by atoms with E-state index in [1.165, 1.54) is 0 Å². The van der Waals surface area contributed by atoms with Crippen LogP contribution < -0.4 is 4.74 Å². The van der Waals surface area contributed by atoms with Crippen molar-refractivity contribution < 1.29 is 4.74 Å². The molecule has 0 saturated carbocycles. The molecule has 19 heavy (non-hydrogen) atoms. The van der Waals surface area contributed by atoms with Crippen LogP contribution in [-0.4, -0.2) is 12.8 Å². The predicted octanol–water partition coefficient (Wildman–Crippen LogP) is 3.71. The third-order valence-electron chi connectivity index (χ3n) is 2.55. The molecule has 0 N–H and O–H groups in total. The molecule has 2 rings (SSSR count). The van der Waals surface area contributed by atoms with Crippen LogP contribution in [0.4, 0.5) is 5.69 Å². The molecule has 0 aromatic heterocycles. The normalized spacial score (nSPS) is 10.3. The summed E-state index contributed by atoms with van der Waals surface area (Å²) in [6.45, 7) is 2.62. The Kier molecular flexibility index (Phi) is 4.30. The molecule has 0 aliphatic heterocycles. The average Bonchev–Trinajstić information content (AvgIpc) is 2.47. The van der Waals surface area contributed by atoms with Gasteiger partial charge in [0.2, 0.25) is 0 Å². The molecule has 0 spiro atoms. The fourth-order valence-corrected chi connectivity index (χ4v) is 1.59. The summed E-state index contributed by atoms with van der Waals surface area (Å²) in [6, 6.07) is 17.0. The van der Waals surface area contributed by atoms with Gasteiger partial charge in [-0.05, 0) is 61.0 Å². The number of ether oxygens (including phenoxy) is 1. The molecule has 0 bridgehead atoms. The summed E-state index contributed by atoms with van der Waals surface area (Å²) in [4.78, 5) is 4.35. The Morgan fingerprint density at radius 3 is 2.37 bits per heavy atom. The molecular weight excluding hydrogens is 236 g/mol. The van der Waals surface area contributed by atoms with Crippen molar-refractivity contribution in [1.82, 2.24) is 0 Å². The van der Waals surface area contributed by atoms with E-state index in [1.54, 1.807) is 18.3 Å². The van der Waals surface area contributed by atoms with Crippen molar-refractivity contribution in [2.24, 2.45) is 4.99 Å². The molecule has 0 atom stereocenters. The van der Waals surface area contributed by atoms with E-state index in [0.29, 0.717) is 12.2 Å². The average molecular weight is 250 g/mol. The Hall–Kier alpha value is -2.60. The first kappa shape index (κ1) is 12.8. The number of hydrogen-bond donors (Lipinski definition) is 0. The van der Waals surface area contributed by atoms with Crippen LogP contribution in [0.5, 0.6) is 5.75 Å². The number of aliphatic imine (C=N–C) groups is 1. The van der Waals surface area contributed by atoms with Gasteiger partial charge in [-0.15, -0.1) is 0 Å². The third kappa shape index (κ3) is 3.68. The van der Waals surface area contributed by atoms with E-state index in [0.717, 1.165) is 17.0 Å². The molecule has 0 radical (unpaired) electrons. The molecule has 0 aliphatic carbocycles. The highest BCUT2D eigenvalue weighted by atomic mass is 16.5. The van der Waals surface area contributed by atoms with E-state index in [9.17, 15) is 0 Å². The van der Waals surface area contributed by atoms with E-state index in [4.69, 9.17) is 10.00 Å². The van der Waals surface area contributed by atoms with Gasteiger partial charge < -0.3 is 4.74 Å². The van der Waals surface area contributed by atoms with Crippen molar-refractivity contribution in [2.75, 3.05) is 6.61 Å². The maximum atomic E-state index is 8.71. The Morgan fingerprint density at radius 2 is 1.79 bits per heavy atom. The molecule has 3 nitrogen and oxygen atoms in total. The van der Waals surface area contributed by atoms with Crippen LogP contribution in [0.15, 0.2) is 53.5 Å². The van der Waals surface area contributed by atoms with Crippen molar-refractivity contribution in [3.8, 4) is 11.8 Å². The minimum atomic E-state index is 0.639. The fraction of sp³-hybridized carbons (Fsp3) is 0.125. The maximum absolute atomic E-state index is 8.71.